The Bertz CT molecular complexity index is 906. The molecule has 1 aromatic rings. The van der Waals surface area contributed by atoms with Crippen LogP contribution in [0.5, 0.6) is 5.75 Å². The van der Waals surface area contributed by atoms with E-state index in [9.17, 15) is 32.7 Å². The number of nitrogens with two attached hydrogens (primary N) is 4. The number of ether oxygens (including phenoxy) is 1. The molecule has 0 radical (unpaired) electrons. The molecule has 35 heavy (non-hydrogen) atoms. The zero-order valence-corrected chi connectivity index (χ0v) is 19.1. The number of carbonyl (C=O) groups excluding carboxylic acids is 2. The first kappa shape index (κ1) is 29.6. The van der Waals surface area contributed by atoms with Gasteiger partial charge < -0.3 is 27.0 Å². The molecule has 0 aromatic heterocycles. The van der Waals surface area contributed by atoms with E-state index in [1.807, 2.05) is 0 Å². The molecule has 0 aliphatic rings. The smallest absolute Gasteiger partial charge is 0.472 e. The third-order valence-corrected chi connectivity index (χ3v) is 4.87. The third kappa shape index (κ3) is 10.2. The third-order valence-electron chi connectivity index (χ3n) is 4.87. The summed E-state index contributed by atoms with van der Waals surface area (Å²) in [4.78, 5) is 39.9. The molecule has 14 heteroatoms. The van der Waals surface area contributed by atoms with E-state index in [1.165, 1.54) is 18.2 Å². The number of aliphatic carboxylic acids is 1. The summed E-state index contributed by atoms with van der Waals surface area (Å²) >= 11 is 0. The SMILES string of the molecule is NCCCOc1ccc(C[C@@H](C(=O)O)N(N)C(=O)C(F)(F)F)c(C(=O)CCCCCN=C(N)N)c1. The minimum atomic E-state index is -5.36. The first-order valence-electron chi connectivity index (χ1n) is 10.8. The van der Waals surface area contributed by atoms with Crippen LogP contribution in [0.25, 0.3) is 0 Å². The van der Waals surface area contributed by atoms with Gasteiger partial charge in [0.25, 0.3) is 0 Å². The molecule has 9 N–H and O–H groups in total. The fourth-order valence-corrected chi connectivity index (χ4v) is 3.07. The average Bonchev–Trinajstić information content (AvgIpc) is 2.78. The largest absolute Gasteiger partial charge is 0.494 e. The van der Waals surface area contributed by atoms with Crippen molar-refractivity contribution in [2.75, 3.05) is 19.7 Å². The zero-order chi connectivity index (χ0) is 26.6. The number of carboxylic acids is 1. The van der Waals surface area contributed by atoms with Crippen LogP contribution in [0.15, 0.2) is 23.2 Å². The molecule has 1 amide bonds. The van der Waals surface area contributed by atoms with Crippen LogP contribution in [0.2, 0.25) is 0 Å². The quantitative estimate of drug-likeness (QED) is 0.0433. The number of nitrogens with zero attached hydrogens (tertiary/aromatic N) is 2. The maximum atomic E-state index is 12.9. The van der Waals surface area contributed by atoms with Gasteiger partial charge in [-0.05, 0) is 43.5 Å². The molecule has 0 unspecified atom stereocenters. The number of Topliss-reactive ketones (excluding diaryl/α,β-unsaturated/α-hetero) is 1. The fourth-order valence-electron chi connectivity index (χ4n) is 3.07. The summed E-state index contributed by atoms with van der Waals surface area (Å²) in [5, 5.41) is 9.04. The molecule has 11 nitrogen and oxygen atoms in total. The molecule has 0 aliphatic heterocycles. The summed E-state index contributed by atoms with van der Waals surface area (Å²) in [7, 11) is 0. The normalized spacial score (nSPS) is 12.0. The van der Waals surface area contributed by atoms with Crippen molar-refractivity contribution in [3.8, 4) is 5.75 Å². The van der Waals surface area contributed by atoms with Gasteiger partial charge in [0.1, 0.15) is 11.8 Å². The summed E-state index contributed by atoms with van der Waals surface area (Å²) in [5.41, 5.74) is 16.1. The van der Waals surface area contributed by atoms with Crippen LogP contribution in [0.3, 0.4) is 0 Å². The predicted octanol–water partition coefficient (Wildman–Crippen LogP) is 0.691. The number of alkyl halides is 3. The lowest BCUT2D eigenvalue weighted by molar-refractivity contribution is -0.190. The van der Waals surface area contributed by atoms with Gasteiger partial charge in [0.2, 0.25) is 0 Å². The molecule has 0 spiro atoms. The lowest BCUT2D eigenvalue weighted by Crippen LogP contribution is -2.55. The Balaban J connectivity index is 3.10. The summed E-state index contributed by atoms with van der Waals surface area (Å²) < 4.78 is 43.9. The summed E-state index contributed by atoms with van der Waals surface area (Å²) in [6.07, 6.45) is -3.64. The van der Waals surface area contributed by atoms with Crippen LogP contribution < -0.4 is 27.8 Å². The Morgan fingerprint density at radius 2 is 1.80 bits per heavy atom. The monoisotopic (exact) mass is 504 g/mol. The lowest BCUT2D eigenvalue weighted by Gasteiger charge is -2.25. The van der Waals surface area contributed by atoms with Gasteiger partial charge in [-0.25, -0.2) is 10.6 Å². The van der Waals surface area contributed by atoms with E-state index in [4.69, 9.17) is 27.8 Å². The maximum Gasteiger partial charge on any atom is 0.472 e. The molecule has 0 heterocycles. The highest BCUT2D eigenvalue weighted by Gasteiger charge is 2.45. The number of hydrazine groups is 1. The number of benzene rings is 1. The van der Waals surface area contributed by atoms with E-state index < -0.39 is 30.5 Å². The van der Waals surface area contributed by atoms with Gasteiger partial charge in [0.15, 0.2) is 11.7 Å². The van der Waals surface area contributed by atoms with E-state index in [0.717, 1.165) is 0 Å². The number of aliphatic imine (C=N–C) groups is 1. The van der Waals surface area contributed by atoms with Crippen LogP contribution >= 0.6 is 0 Å². The van der Waals surface area contributed by atoms with Crippen molar-refractivity contribution < 1.29 is 37.4 Å². The van der Waals surface area contributed by atoms with Crippen LogP contribution in [-0.4, -0.2) is 65.6 Å². The Morgan fingerprint density at radius 3 is 2.37 bits per heavy atom. The van der Waals surface area contributed by atoms with E-state index in [-0.39, 0.29) is 40.9 Å². The van der Waals surface area contributed by atoms with Crippen molar-refractivity contribution in [2.24, 2.45) is 28.0 Å². The Kier molecular flexibility index (Phi) is 12.0. The summed E-state index contributed by atoms with van der Waals surface area (Å²) in [6.45, 7) is 1.04. The van der Waals surface area contributed by atoms with Gasteiger partial charge in [-0.1, -0.05) is 12.5 Å². The molecule has 0 saturated heterocycles. The number of unbranched alkanes of at least 4 members (excludes halogenated alkanes) is 2. The Labute approximate surface area is 200 Å². The van der Waals surface area contributed by atoms with E-state index in [2.05, 4.69) is 4.99 Å². The maximum absolute atomic E-state index is 12.9. The van der Waals surface area contributed by atoms with E-state index in [0.29, 0.717) is 44.5 Å². The van der Waals surface area contributed by atoms with Crippen molar-refractivity contribution in [2.45, 2.75) is 50.7 Å². The van der Waals surface area contributed by atoms with Gasteiger partial charge in [-0.2, -0.15) is 13.2 Å². The van der Waals surface area contributed by atoms with Crippen LogP contribution in [0.4, 0.5) is 13.2 Å². The van der Waals surface area contributed by atoms with Crippen molar-refractivity contribution in [1.29, 1.82) is 0 Å². The first-order valence-corrected chi connectivity index (χ1v) is 10.8. The molecule has 1 rings (SSSR count). The second-order valence-corrected chi connectivity index (χ2v) is 7.62. The van der Waals surface area contributed by atoms with Gasteiger partial charge >= 0.3 is 18.1 Å². The van der Waals surface area contributed by atoms with Gasteiger partial charge in [-0.15, -0.1) is 0 Å². The number of ketones is 1. The highest BCUT2D eigenvalue weighted by Crippen LogP contribution is 2.24. The number of carbonyl (C=O) groups is 3. The minimum Gasteiger partial charge on any atom is -0.494 e. The highest BCUT2D eigenvalue weighted by molar-refractivity contribution is 5.98. The molecule has 0 aliphatic carbocycles. The molecule has 1 aromatic carbocycles. The number of amides is 1. The molecule has 196 valence electrons. The molecular formula is C21H31F3N6O5. The molecule has 0 bridgehead atoms. The first-order chi connectivity index (χ1) is 16.4. The second-order valence-electron chi connectivity index (χ2n) is 7.62. The standard InChI is InChI=1S/C21H31F3N6O5/c22-21(23,24)19(34)30(28)16(18(32)33)11-13-6-7-14(35-10-4-8-25)12-15(13)17(31)5-2-1-3-9-29-20(26)27/h6-7,12,16H,1-5,8-11,25,28H2,(H,32,33)(H4,26,27,29)/t16-/m0/s1. The number of rotatable bonds is 15. The van der Waals surface area contributed by atoms with Crippen LogP contribution in [-0.2, 0) is 16.0 Å². The Morgan fingerprint density at radius 1 is 1.11 bits per heavy atom. The topological polar surface area (TPSA) is 200 Å². The van der Waals surface area contributed by atoms with Crippen molar-refractivity contribution in [1.82, 2.24) is 5.01 Å². The van der Waals surface area contributed by atoms with Gasteiger partial charge in [-0.3, -0.25) is 19.6 Å². The van der Waals surface area contributed by atoms with Crippen LogP contribution in [0, 0.1) is 0 Å². The van der Waals surface area contributed by atoms with Crippen LogP contribution in [0.1, 0.15) is 48.0 Å². The molecule has 1 atom stereocenters. The van der Waals surface area contributed by atoms with Crippen molar-refractivity contribution in [3.05, 3.63) is 29.3 Å². The van der Waals surface area contributed by atoms with E-state index in [1.54, 1.807) is 0 Å². The molecule has 0 fully saturated rings. The summed E-state index contributed by atoms with van der Waals surface area (Å²) in [5.74, 6) is 0.837. The second kappa shape index (κ2) is 14.1. The van der Waals surface area contributed by atoms with Crippen molar-refractivity contribution in [3.63, 3.8) is 0 Å². The average molecular weight is 505 g/mol. The van der Waals surface area contributed by atoms with E-state index >= 15 is 0 Å². The number of guanidine groups is 1. The predicted molar refractivity (Wildman–Crippen MR) is 121 cm³/mol. The number of halogens is 3. The van der Waals surface area contributed by atoms with Gasteiger partial charge in [0, 0.05) is 24.9 Å². The number of carboxylic acid groups (broad SMARTS) is 1. The minimum absolute atomic E-state index is 0.0388. The lowest BCUT2D eigenvalue weighted by atomic mass is 9.94. The summed E-state index contributed by atoms with van der Waals surface area (Å²) in [6, 6.07) is 2.15. The molecule has 0 saturated carbocycles. The fraction of sp³-hybridized carbons (Fsp3) is 0.524. The van der Waals surface area contributed by atoms with Crippen molar-refractivity contribution >= 4 is 23.6 Å². The molecular weight excluding hydrogens is 473 g/mol. The zero-order valence-electron chi connectivity index (χ0n) is 19.1. The number of hydrogen-bond donors (Lipinski definition) is 5. The Hall–Kier alpha value is -3.39. The number of hydrogen-bond acceptors (Lipinski definition) is 7. The highest BCUT2D eigenvalue weighted by atomic mass is 19.4. The van der Waals surface area contributed by atoms with Gasteiger partial charge in [0.05, 0.1) is 6.61 Å².